The van der Waals surface area contributed by atoms with Crippen LogP contribution in [-0.4, -0.2) is 49.5 Å². The van der Waals surface area contributed by atoms with Gasteiger partial charge in [-0.2, -0.15) is 4.31 Å². The number of aliphatic carboxylic acids is 1. The summed E-state index contributed by atoms with van der Waals surface area (Å²) in [7, 11) is -3.85. The Morgan fingerprint density at radius 2 is 2.09 bits per heavy atom. The lowest BCUT2D eigenvalue weighted by molar-refractivity contribution is -0.146. The topological polar surface area (TPSA) is 101 Å². The summed E-state index contributed by atoms with van der Waals surface area (Å²) in [6, 6.07) is 5.58. The molecule has 1 aliphatic heterocycles. The predicted octanol–water partition coefficient (Wildman–Crippen LogP) is 1.35. The van der Waals surface area contributed by atoms with Crippen molar-refractivity contribution < 1.29 is 27.9 Å². The van der Waals surface area contributed by atoms with Gasteiger partial charge in [0.05, 0.1) is 22.5 Å². The molecule has 1 aliphatic rings. The fourth-order valence-corrected chi connectivity index (χ4v) is 4.06. The first-order valence-corrected chi connectivity index (χ1v) is 8.65. The van der Waals surface area contributed by atoms with Crippen LogP contribution >= 0.6 is 0 Å². The lowest BCUT2D eigenvalue weighted by Crippen LogP contribution is -2.34. The molecule has 1 aromatic rings. The van der Waals surface area contributed by atoms with E-state index in [1.807, 2.05) is 0 Å². The highest BCUT2D eigenvalue weighted by molar-refractivity contribution is 7.89. The summed E-state index contributed by atoms with van der Waals surface area (Å²) in [6.07, 6.45) is 0.249. The molecule has 2 rings (SSSR count). The summed E-state index contributed by atoms with van der Waals surface area (Å²) in [5.74, 6) is -1.61. The van der Waals surface area contributed by atoms with Crippen LogP contribution in [0.5, 0.6) is 0 Å². The zero-order valence-electron chi connectivity index (χ0n) is 13.0. The zero-order valence-corrected chi connectivity index (χ0v) is 13.8. The number of benzene rings is 1. The number of hydrogen-bond acceptors (Lipinski definition) is 5. The van der Waals surface area contributed by atoms with Crippen LogP contribution in [0.15, 0.2) is 29.2 Å². The van der Waals surface area contributed by atoms with Crippen molar-refractivity contribution in [3.8, 4) is 0 Å². The Kier molecular flexibility index (Phi) is 4.76. The van der Waals surface area contributed by atoms with Gasteiger partial charge in [0.2, 0.25) is 10.0 Å². The van der Waals surface area contributed by atoms with Crippen molar-refractivity contribution >= 4 is 22.0 Å². The number of rotatable bonds is 5. The van der Waals surface area contributed by atoms with Gasteiger partial charge >= 0.3 is 11.9 Å². The fraction of sp³-hybridized carbons (Fsp3) is 0.467. The van der Waals surface area contributed by atoms with Crippen LogP contribution in [0.25, 0.3) is 0 Å². The summed E-state index contributed by atoms with van der Waals surface area (Å²) in [5.41, 5.74) is -0.945. The minimum absolute atomic E-state index is 0.0438. The van der Waals surface area contributed by atoms with Crippen molar-refractivity contribution in [1.82, 2.24) is 4.31 Å². The second-order valence-electron chi connectivity index (χ2n) is 5.70. The fourth-order valence-electron chi connectivity index (χ4n) is 2.45. The highest BCUT2D eigenvalue weighted by Crippen LogP contribution is 2.33. The standard InChI is InChI=1S/C15H19NO6S/c1-3-22-13(17)11-5-4-6-12(9-11)23(20,21)16-8-7-15(2,10-16)14(18)19/h4-6,9H,3,7-8,10H2,1-2H3,(H,18,19). The largest absolute Gasteiger partial charge is 0.481 e. The molecular formula is C15H19NO6S. The monoisotopic (exact) mass is 341 g/mol. The summed E-state index contributed by atoms with van der Waals surface area (Å²) >= 11 is 0. The van der Waals surface area contributed by atoms with Crippen molar-refractivity contribution in [3.05, 3.63) is 29.8 Å². The Balaban J connectivity index is 2.29. The van der Waals surface area contributed by atoms with Crippen molar-refractivity contribution in [2.24, 2.45) is 5.41 Å². The third-order valence-electron chi connectivity index (χ3n) is 3.94. The number of carboxylic acids is 1. The van der Waals surface area contributed by atoms with Gasteiger partial charge in [-0.1, -0.05) is 6.07 Å². The maximum atomic E-state index is 12.7. The predicted molar refractivity (Wildman–Crippen MR) is 81.5 cm³/mol. The van der Waals surface area contributed by atoms with Crippen LogP contribution < -0.4 is 0 Å². The van der Waals surface area contributed by atoms with Crippen LogP contribution in [-0.2, 0) is 19.6 Å². The average Bonchev–Trinajstić information content (AvgIpc) is 2.92. The van der Waals surface area contributed by atoms with Crippen LogP contribution in [0.3, 0.4) is 0 Å². The molecule has 0 aromatic heterocycles. The van der Waals surface area contributed by atoms with Gasteiger partial charge in [0.1, 0.15) is 0 Å². The van der Waals surface area contributed by atoms with Crippen molar-refractivity contribution in [3.63, 3.8) is 0 Å². The van der Waals surface area contributed by atoms with E-state index in [0.717, 1.165) is 4.31 Å². The van der Waals surface area contributed by atoms with Gasteiger partial charge in [-0.05, 0) is 38.5 Å². The Labute approximate surface area is 134 Å². The Morgan fingerprint density at radius 3 is 2.65 bits per heavy atom. The van der Waals surface area contributed by atoms with E-state index in [1.54, 1.807) is 6.92 Å². The SMILES string of the molecule is CCOC(=O)c1cccc(S(=O)(=O)N2CCC(C)(C(=O)O)C2)c1. The lowest BCUT2D eigenvalue weighted by Gasteiger charge is -2.20. The molecule has 1 heterocycles. The molecule has 0 saturated carbocycles. The molecule has 1 saturated heterocycles. The summed E-state index contributed by atoms with van der Waals surface area (Å²) in [6.45, 7) is 3.43. The molecule has 0 radical (unpaired) electrons. The van der Waals surface area contributed by atoms with Gasteiger partial charge in [-0.3, -0.25) is 4.79 Å². The molecule has 0 spiro atoms. The molecule has 1 fully saturated rings. The molecule has 0 aliphatic carbocycles. The minimum atomic E-state index is -3.85. The average molecular weight is 341 g/mol. The molecule has 0 amide bonds. The highest BCUT2D eigenvalue weighted by atomic mass is 32.2. The lowest BCUT2D eigenvalue weighted by atomic mass is 9.90. The van der Waals surface area contributed by atoms with Crippen molar-refractivity contribution in [1.29, 1.82) is 0 Å². The molecule has 1 N–H and O–H groups in total. The number of nitrogens with zero attached hydrogens (tertiary/aromatic N) is 1. The van der Waals surface area contributed by atoms with Crippen molar-refractivity contribution in [2.75, 3.05) is 19.7 Å². The van der Waals surface area contributed by atoms with Crippen molar-refractivity contribution in [2.45, 2.75) is 25.2 Å². The van der Waals surface area contributed by atoms with Gasteiger partial charge in [-0.15, -0.1) is 0 Å². The normalized spacial score (nSPS) is 22.0. The molecule has 23 heavy (non-hydrogen) atoms. The number of carbonyl (C=O) groups is 2. The van der Waals surface area contributed by atoms with Gasteiger partial charge in [0.15, 0.2) is 0 Å². The minimum Gasteiger partial charge on any atom is -0.481 e. The molecule has 1 atom stereocenters. The van der Waals surface area contributed by atoms with E-state index in [1.165, 1.54) is 31.2 Å². The first-order valence-electron chi connectivity index (χ1n) is 7.21. The zero-order chi connectivity index (χ0) is 17.3. The second-order valence-corrected chi connectivity index (χ2v) is 7.64. The van der Waals surface area contributed by atoms with Crippen LogP contribution in [0.4, 0.5) is 0 Å². The van der Waals surface area contributed by atoms with Gasteiger partial charge in [-0.25, -0.2) is 13.2 Å². The van der Waals surface area contributed by atoms with E-state index in [4.69, 9.17) is 4.74 Å². The summed E-state index contributed by atoms with van der Waals surface area (Å²) in [4.78, 5) is 23.0. The number of sulfonamides is 1. The van der Waals surface area contributed by atoms with Crippen LogP contribution in [0.2, 0.25) is 0 Å². The summed E-state index contributed by atoms with van der Waals surface area (Å²) < 4.78 is 31.3. The van der Waals surface area contributed by atoms with E-state index >= 15 is 0 Å². The Bertz CT molecular complexity index is 729. The molecule has 1 aromatic carbocycles. The number of carbonyl (C=O) groups excluding carboxylic acids is 1. The van der Waals surface area contributed by atoms with Gasteiger partial charge < -0.3 is 9.84 Å². The van der Waals surface area contributed by atoms with E-state index in [-0.39, 0.29) is 36.6 Å². The maximum Gasteiger partial charge on any atom is 0.338 e. The third kappa shape index (κ3) is 3.37. The quantitative estimate of drug-likeness (QED) is 0.811. The van der Waals surface area contributed by atoms with Gasteiger partial charge in [0, 0.05) is 13.1 Å². The first kappa shape index (κ1) is 17.4. The van der Waals surface area contributed by atoms with Crippen LogP contribution in [0.1, 0.15) is 30.6 Å². The third-order valence-corrected chi connectivity index (χ3v) is 5.78. The van der Waals surface area contributed by atoms with E-state index in [9.17, 15) is 23.1 Å². The first-order chi connectivity index (χ1) is 10.7. The smallest absolute Gasteiger partial charge is 0.338 e. The second kappa shape index (κ2) is 6.29. The molecule has 7 nitrogen and oxygen atoms in total. The summed E-state index contributed by atoms with van der Waals surface area (Å²) in [5, 5.41) is 9.22. The van der Waals surface area contributed by atoms with Crippen LogP contribution in [0, 0.1) is 5.41 Å². The Hall–Kier alpha value is -1.93. The molecule has 126 valence electrons. The van der Waals surface area contributed by atoms with E-state index in [0.29, 0.717) is 0 Å². The number of esters is 1. The number of ether oxygens (including phenoxy) is 1. The van der Waals surface area contributed by atoms with E-state index < -0.39 is 27.4 Å². The molecule has 0 bridgehead atoms. The molecule has 8 heteroatoms. The molecule has 1 unspecified atom stereocenters. The van der Waals surface area contributed by atoms with E-state index in [2.05, 4.69) is 0 Å². The number of hydrogen-bond donors (Lipinski definition) is 1. The maximum absolute atomic E-state index is 12.7. The molecular weight excluding hydrogens is 322 g/mol. The highest BCUT2D eigenvalue weighted by Gasteiger charge is 2.44. The number of carboxylic acid groups (broad SMARTS) is 1. The van der Waals surface area contributed by atoms with Gasteiger partial charge in [0.25, 0.3) is 0 Å². The Morgan fingerprint density at radius 1 is 1.39 bits per heavy atom.